The van der Waals surface area contributed by atoms with E-state index in [2.05, 4.69) is 32.2 Å². The molecule has 8 heteroatoms. The number of methoxy groups -OCH3 is 1. The van der Waals surface area contributed by atoms with Crippen LogP contribution < -0.4 is 15.2 Å². The highest BCUT2D eigenvalue weighted by Crippen LogP contribution is 2.46. The lowest BCUT2D eigenvalue weighted by molar-refractivity contribution is 0.371. The molecule has 0 radical (unpaired) electrons. The average molecular weight is 439 g/mol. The number of aromatic nitrogens is 2. The Morgan fingerprint density at radius 1 is 1.29 bits per heavy atom. The van der Waals surface area contributed by atoms with E-state index in [1.165, 1.54) is 7.11 Å². The van der Waals surface area contributed by atoms with Gasteiger partial charge in [-0.1, -0.05) is 34.1 Å². The summed E-state index contributed by atoms with van der Waals surface area (Å²) in [6, 6.07) is 14.8. The zero-order valence-electron chi connectivity index (χ0n) is 14.7. The number of phenols is 1. The van der Waals surface area contributed by atoms with Crippen molar-refractivity contribution < 1.29 is 14.6 Å². The van der Waals surface area contributed by atoms with E-state index in [1.54, 1.807) is 18.2 Å². The number of ether oxygens (including phenoxy) is 2. The quantitative estimate of drug-likeness (QED) is 0.572. The van der Waals surface area contributed by atoms with Gasteiger partial charge in [0.25, 0.3) is 0 Å². The van der Waals surface area contributed by atoms with E-state index in [9.17, 15) is 10.4 Å². The molecule has 0 bridgehead atoms. The van der Waals surface area contributed by atoms with E-state index in [4.69, 9.17) is 15.2 Å². The molecular weight excluding hydrogens is 424 g/mol. The van der Waals surface area contributed by atoms with Gasteiger partial charge in [0.1, 0.15) is 11.6 Å². The van der Waals surface area contributed by atoms with Crippen LogP contribution in [-0.2, 0) is 0 Å². The first kappa shape index (κ1) is 17.9. The van der Waals surface area contributed by atoms with Crippen LogP contribution in [0.25, 0.3) is 11.3 Å². The minimum atomic E-state index is -0.553. The van der Waals surface area contributed by atoms with Crippen molar-refractivity contribution in [1.29, 1.82) is 5.26 Å². The molecule has 0 aliphatic carbocycles. The first-order valence-electron chi connectivity index (χ1n) is 8.32. The summed E-state index contributed by atoms with van der Waals surface area (Å²) in [7, 11) is 1.47. The van der Waals surface area contributed by atoms with Crippen molar-refractivity contribution in [2.75, 3.05) is 7.11 Å². The fraction of sp³-hybridized carbons (Fsp3) is 0.100. The minimum absolute atomic E-state index is 0.0100. The van der Waals surface area contributed by atoms with Crippen LogP contribution in [0.5, 0.6) is 17.4 Å². The number of nitrogens with zero attached hydrogens (tertiary/aromatic N) is 2. The number of benzene rings is 2. The molecule has 0 spiro atoms. The number of phenolic OH excluding ortho intramolecular Hbond substituents is 1. The molecule has 28 heavy (non-hydrogen) atoms. The lowest BCUT2D eigenvalue weighted by Crippen LogP contribution is -2.21. The topological polar surface area (TPSA) is 117 Å². The normalized spacial score (nSPS) is 15.5. The Balaban J connectivity index is 1.93. The van der Waals surface area contributed by atoms with Crippen molar-refractivity contribution in [3.05, 3.63) is 69.5 Å². The summed E-state index contributed by atoms with van der Waals surface area (Å²) in [6.45, 7) is 0. The number of aromatic amines is 1. The Kier molecular flexibility index (Phi) is 4.45. The fourth-order valence-corrected chi connectivity index (χ4v) is 3.57. The van der Waals surface area contributed by atoms with E-state index in [1.807, 2.05) is 24.3 Å². The summed E-state index contributed by atoms with van der Waals surface area (Å²) < 4.78 is 11.6. The molecule has 0 amide bonds. The maximum atomic E-state index is 10.2. The van der Waals surface area contributed by atoms with E-state index < -0.39 is 5.92 Å². The second kappa shape index (κ2) is 6.94. The number of H-pyrrole nitrogens is 1. The lowest BCUT2D eigenvalue weighted by Gasteiger charge is -2.24. The Morgan fingerprint density at radius 2 is 2.04 bits per heavy atom. The maximum absolute atomic E-state index is 10.2. The number of nitriles is 1. The molecule has 2 aromatic carbocycles. The molecule has 1 unspecified atom stereocenters. The standard InChI is InChI=1S/C20H15BrN4O3/c1-27-15-7-4-11(8-14(15)26)16-13(9-22)19(23)28-20-17(16)18(24-25-20)10-2-5-12(21)6-3-10/h2-8,16,26H,23H2,1H3,(H,24,25). The molecule has 0 saturated carbocycles. The number of hydrogen-bond donors (Lipinski definition) is 3. The van der Waals surface area contributed by atoms with Crippen LogP contribution in [0.1, 0.15) is 17.0 Å². The molecule has 3 aromatic rings. The number of halogens is 1. The smallest absolute Gasteiger partial charge is 0.244 e. The molecule has 1 atom stereocenters. The van der Waals surface area contributed by atoms with Crippen LogP contribution in [0, 0.1) is 11.3 Å². The Labute approximate surface area is 169 Å². The van der Waals surface area contributed by atoms with Crippen LogP contribution in [0.4, 0.5) is 0 Å². The van der Waals surface area contributed by atoms with Crippen molar-refractivity contribution in [3.8, 4) is 34.7 Å². The van der Waals surface area contributed by atoms with Gasteiger partial charge in [-0.25, -0.2) is 0 Å². The predicted octanol–water partition coefficient (Wildman–Crippen LogP) is 3.77. The fourth-order valence-electron chi connectivity index (χ4n) is 3.30. The molecular formula is C20H15BrN4O3. The van der Waals surface area contributed by atoms with Gasteiger partial charge < -0.3 is 20.3 Å². The molecule has 0 saturated heterocycles. The summed E-state index contributed by atoms with van der Waals surface area (Å²) in [5, 5.41) is 27.2. The van der Waals surface area contributed by atoms with Gasteiger partial charge in [0.05, 0.1) is 24.3 Å². The minimum Gasteiger partial charge on any atom is -0.504 e. The van der Waals surface area contributed by atoms with Crippen LogP contribution >= 0.6 is 15.9 Å². The highest BCUT2D eigenvalue weighted by Gasteiger charge is 2.35. The highest BCUT2D eigenvalue weighted by atomic mass is 79.9. The maximum Gasteiger partial charge on any atom is 0.244 e. The van der Waals surface area contributed by atoms with Gasteiger partial charge >= 0.3 is 0 Å². The van der Waals surface area contributed by atoms with E-state index in [-0.39, 0.29) is 17.2 Å². The Morgan fingerprint density at radius 3 is 2.68 bits per heavy atom. The Hall–Kier alpha value is -3.44. The zero-order chi connectivity index (χ0) is 19.8. The second-order valence-corrected chi connectivity index (χ2v) is 7.10. The van der Waals surface area contributed by atoms with Gasteiger partial charge in [-0.3, -0.25) is 5.10 Å². The molecule has 1 aliphatic heterocycles. The summed E-state index contributed by atoms with van der Waals surface area (Å²) in [5.74, 6) is 0.0475. The van der Waals surface area contributed by atoms with Gasteiger partial charge in [-0.15, -0.1) is 5.10 Å². The first-order valence-corrected chi connectivity index (χ1v) is 9.11. The third kappa shape index (κ3) is 2.86. The van der Waals surface area contributed by atoms with E-state index >= 15 is 0 Å². The third-order valence-corrected chi connectivity index (χ3v) is 5.14. The molecule has 2 heterocycles. The lowest BCUT2D eigenvalue weighted by atomic mass is 9.83. The number of nitrogens with two attached hydrogens (primary N) is 1. The highest BCUT2D eigenvalue weighted by molar-refractivity contribution is 9.10. The zero-order valence-corrected chi connectivity index (χ0v) is 16.3. The molecule has 1 aliphatic rings. The van der Waals surface area contributed by atoms with Crippen molar-refractivity contribution >= 4 is 15.9 Å². The van der Waals surface area contributed by atoms with Crippen LogP contribution in [-0.4, -0.2) is 22.4 Å². The van der Waals surface area contributed by atoms with E-state index in [0.717, 1.165) is 10.0 Å². The third-order valence-electron chi connectivity index (χ3n) is 4.61. The molecule has 140 valence electrons. The van der Waals surface area contributed by atoms with Gasteiger partial charge in [-0.2, -0.15) is 5.26 Å². The number of nitrogens with one attached hydrogen (secondary N) is 1. The van der Waals surface area contributed by atoms with E-state index in [0.29, 0.717) is 28.5 Å². The van der Waals surface area contributed by atoms with Gasteiger partial charge in [-0.05, 0) is 29.8 Å². The summed E-state index contributed by atoms with van der Waals surface area (Å²) >= 11 is 3.43. The van der Waals surface area contributed by atoms with Gasteiger partial charge in [0.15, 0.2) is 11.5 Å². The summed E-state index contributed by atoms with van der Waals surface area (Å²) in [6.07, 6.45) is 0. The number of rotatable bonds is 3. The predicted molar refractivity (Wildman–Crippen MR) is 106 cm³/mol. The van der Waals surface area contributed by atoms with Crippen molar-refractivity contribution in [1.82, 2.24) is 10.2 Å². The van der Waals surface area contributed by atoms with Crippen LogP contribution in [0.2, 0.25) is 0 Å². The first-order chi connectivity index (χ1) is 13.5. The monoisotopic (exact) mass is 438 g/mol. The summed E-state index contributed by atoms with van der Waals surface area (Å²) in [5.41, 5.74) is 9.16. The molecule has 1 aromatic heterocycles. The molecule has 7 nitrogen and oxygen atoms in total. The van der Waals surface area contributed by atoms with Crippen molar-refractivity contribution in [3.63, 3.8) is 0 Å². The van der Waals surface area contributed by atoms with Crippen molar-refractivity contribution in [2.45, 2.75) is 5.92 Å². The SMILES string of the molecule is COc1ccc(C2C(C#N)=C(N)Oc3n[nH]c(-c4ccc(Br)cc4)c32)cc1O. The second-order valence-electron chi connectivity index (χ2n) is 6.18. The van der Waals surface area contributed by atoms with Crippen LogP contribution in [0.3, 0.4) is 0 Å². The summed E-state index contributed by atoms with van der Waals surface area (Å²) in [4.78, 5) is 0. The average Bonchev–Trinajstić information content (AvgIpc) is 3.10. The Bertz CT molecular complexity index is 1130. The molecule has 4 N–H and O–H groups in total. The largest absolute Gasteiger partial charge is 0.504 e. The number of hydrogen-bond acceptors (Lipinski definition) is 6. The molecule has 4 rings (SSSR count). The van der Waals surface area contributed by atoms with Crippen molar-refractivity contribution in [2.24, 2.45) is 5.73 Å². The number of fused-ring (bicyclic) bond motifs is 1. The number of allylic oxidation sites excluding steroid dienone is 1. The van der Waals surface area contributed by atoms with Gasteiger partial charge in [0.2, 0.25) is 11.8 Å². The van der Waals surface area contributed by atoms with Crippen LogP contribution in [0.15, 0.2) is 58.4 Å². The van der Waals surface area contributed by atoms with Gasteiger partial charge in [0, 0.05) is 10.0 Å². The number of aromatic hydroxyl groups is 1. The molecule has 0 fully saturated rings.